The average molecular weight is 348 g/mol. The van der Waals surface area contributed by atoms with Crippen molar-refractivity contribution in [2.75, 3.05) is 6.54 Å². The molecule has 1 aliphatic rings. The van der Waals surface area contributed by atoms with Gasteiger partial charge in [0.25, 0.3) is 0 Å². The Hall–Kier alpha value is -1.66. The van der Waals surface area contributed by atoms with Crippen LogP contribution in [0.5, 0.6) is 0 Å². The highest BCUT2D eigenvalue weighted by Gasteiger charge is 2.31. The minimum absolute atomic E-state index is 0.105. The Labute approximate surface area is 144 Å². The average Bonchev–Trinajstić information content (AvgIpc) is 3.25. The van der Waals surface area contributed by atoms with E-state index in [-0.39, 0.29) is 23.9 Å². The molecule has 1 fully saturated rings. The van der Waals surface area contributed by atoms with E-state index in [1.165, 1.54) is 12.5 Å². The summed E-state index contributed by atoms with van der Waals surface area (Å²) in [4.78, 5) is 27.3. The van der Waals surface area contributed by atoms with Crippen LogP contribution in [0.4, 0.5) is 0 Å². The fourth-order valence-electron chi connectivity index (χ4n) is 3.13. The number of nitrogens with zero attached hydrogens (tertiary/aromatic N) is 1. The molecule has 0 bridgehead atoms. The smallest absolute Gasteiger partial charge is 0.225 e. The van der Waals surface area contributed by atoms with E-state index in [2.05, 4.69) is 22.1 Å². The Morgan fingerprint density at radius 1 is 1.39 bits per heavy atom. The summed E-state index contributed by atoms with van der Waals surface area (Å²) in [6.45, 7) is 2.30. The number of thiophene rings is 2. The van der Waals surface area contributed by atoms with E-state index in [0.29, 0.717) is 6.42 Å². The molecule has 0 spiro atoms. The summed E-state index contributed by atoms with van der Waals surface area (Å²) in [5.41, 5.74) is 1.23. The highest BCUT2D eigenvalue weighted by atomic mass is 32.1. The molecule has 2 atom stereocenters. The van der Waals surface area contributed by atoms with Crippen LogP contribution in [0.2, 0.25) is 0 Å². The van der Waals surface area contributed by atoms with Gasteiger partial charge in [0.15, 0.2) is 0 Å². The van der Waals surface area contributed by atoms with Crippen molar-refractivity contribution < 1.29 is 9.59 Å². The molecular weight excluding hydrogens is 328 g/mol. The Balaban J connectivity index is 1.72. The van der Waals surface area contributed by atoms with Gasteiger partial charge >= 0.3 is 0 Å². The van der Waals surface area contributed by atoms with Crippen molar-refractivity contribution >= 4 is 34.5 Å². The quantitative estimate of drug-likeness (QED) is 0.895. The zero-order chi connectivity index (χ0) is 16.2. The van der Waals surface area contributed by atoms with Crippen molar-refractivity contribution in [1.82, 2.24) is 10.2 Å². The van der Waals surface area contributed by atoms with Gasteiger partial charge in [0, 0.05) is 18.3 Å². The van der Waals surface area contributed by atoms with Crippen LogP contribution in [0.25, 0.3) is 0 Å². The van der Waals surface area contributed by atoms with E-state index in [1.807, 2.05) is 22.4 Å². The number of hydrogen-bond acceptors (Lipinski definition) is 4. The number of rotatable bonds is 5. The van der Waals surface area contributed by atoms with Crippen LogP contribution in [0, 0.1) is 0 Å². The Morgan fingerprint density at radius 3 is 2.91 bits per heavy atom. The van der Waals surface area contributed by atoms with E-state index in [9.17, 15) is 9.59 Å². The predicted molar refractivity (Wildman–Crippen MR) is 93.5 cm³/mol. The molecule has 0 unspecified atom stereocenters. The van der Waals surface area contributed by atoms with Crippen LogP contribution in [0.1, 0.15) is 48.7 Å². The topological polar surface area (TPSA) is 49.4 Å². The lowest BCUT2D eigenvalue weighted by atomic mass is 10.1. The molecule has 1 aliphatic heterocycles. The fraction of sp³-hybridized carbons (Fsp3) is 0.412. The molecule has 2 amide bonds. The molecule has 2 aromatic heterocycles. The molecule has 4 nitrogen and oxygen atoms in total. The van der Waals surface area contributed by atoms with Crippen molar-refractivity contribution in [1.29, 1.82) is 0 Å². The standard InChI is InChI=1S/C17H20N2O2S2/c1-12(20)18-14(16-5-3-8-23-16)10-17(21)19-7-2-4-15(19)13-6-9-22-11-13/h3,5-6,8-9,11,14-15H,2,4,7,10H2,1H3,(H,18,20)/t14-,15+/m1/s1. The van der Waals surface area contributed by atoms with Crippen LogP contribution in [-0.2, 0) is 9.59 Å². The Bertz CT molecular complexity index is 652. The molecule has 0 radical (unpaired) electrons. The van der Waals surface area contributed by atoms with Gasteiger partial charge in [-0.25, -0.2) is 0 Å². The Kier molecular flexibility index (Phi) is 5.13. The number of nitrogens with one attached hydrogen (secondary N) is 1. The maximum atomic E-state index is 12.8. The molecule has 3 rings (SSSR count). The SMILES string of the molecule is CC(=O)N[C@H](CC(=O)N1CCC[C@H]1c1ccsc1)c1cccs1. The van der Waals surface area contributed by atoms with E-state index in [1.54, 1.807) is 22.7 Å². The first-order valence-corrected chi connectivity index (χ1v) is 9.59. The number of hydrogen-bond donors (Lipinski definition) is 1. The Morgan fingerprint density at radius 2 is 2.26 bits per heavy atom. The fourth-order valence-corrected chi connectivity index (χ4v) is 4.61. The minimum atomic E-state index is -0.233. The lowest BCUT2D eigenvalue weighted by molar-refractivity contribution is -0.133. The number of carbonyl (C=O) groups is 2. The van der Waals surface area contributed by atoms with Crippen molar-refractivity contribution in [3.8, 4) is 0 Å². The summed E-state index contributed by atoms with van der Waals surface area (Å²) in [6, 6.07) is 5.98. The maximum Gasteiger partial charge on any atom is 0.225 e. The van der Waals surface area contributed by atoms with E-state index < -0.39 is 0 Å². The van der Waals surface area contributed by atoms with Crippen molar-refractivity contribution in [2.24, 2.45) is 0 Å². The second kappa shape index (κ2) is 7.27. The first-order chi connectivity index (χ1) is 11.1. The van der Waals surface area contributed by atoms with Gasteiger partial charge in [-0.05, 0) is 46.7 Å². The molecule has 3 heterocycles. The third kappa shape index (κ3) is 3.82. The molecule has 1 saturated heterocycles. The van der Waals surface area contributed by atoms with Gasteiger partial charge in [0.1, 0.15) is 0 Å². The van der Waals surface area contributed by atoms with Crippen LogP contribution in [0.3, 0.4) is 0 Å². The van der Waals surface area contributed by atoms with Gasteiger partial charge in [-0.1, -0.05) is 6.07 Å². The number of likely N-dealkylation sites (tertiary alicyclic amines) is 1. The zero-order valence-corrected chi connectivity index (χ0v) is 14.7. The van der Waals surface area contributed by atoms with Crippen LogP contribution >= 0.6 is 22.7 Å². The molecule has 0 aliphatic carbocycles. The second-order valence-electron chi connectivity index (χ2n) is 5.77. The van der Waals surface area contributed by atoms with E-state index >= 15 is 0 Å². The van der Waals surface area contributed by atoms with E-state index in [0.717, 1.165) is 24.3 Å². The third-order valence-corrected chi connectivity index (χ3v) is 5.83. The van der Waals surface area contributed by atoms with Crippen LogP contribution in [0.15, 0.2) is 34.3 Å². The minimum Gasteiger partial charge on any atom is -0.348 e. The molecular formula is C17H20N2O2S2. The largest absolute Gasteiger partial charge is 0.348 e. The van der Waals surface area contributed by atoms with Gasteiger partial charge in [0.05, 0.1) is 18.5 Å². The zero-order valence-electron chi connectivity index (χ0n) is 13.0. The first kappa shape index (κ1) is 16.2. The van der Waals surface area contributed by atoms with Gasteiger partial charge in [-0.2, -0.15) is 11.3 Å². The molecule has 6 heteroatoms. The van der Waals surface area contributed by atoms with Gasteiger partial charge < -0.3 is 10.2 Å². The highest BCUT2D eigenvalue weighted by molar-refractivity contribution is 7.10. The maximum absolute atomic E-state index is 12.8. The van der Waals surface area contributed by atoms with Crippen LogP contribution < -0.4 is 5.32 Å². The van der Waals surface area contributed by atoms with Gasteiger partial charge in [-0.3, -0.25) is 9.59 Å². The van der Waals surface area contributed by atoms with Crippen molar-refractivity contribution in [3.05, 3.63) is 44.8 Å². The lowest BCUT2D eigenvalue weighted by Crippen LogP contribution is -2.35. The summed E-state index contributed by atoms with van der Waals surface area (Å²) in [7, 11) is 0. The number of carbonyl (C=O) groups excluding carboxylic acids is 2. The molecule has 1 N–H and O–H groups in total. The monoisotopic (exact) mass is 348 g/mol. The van der Waals surface area contributed by atoms with Crippen LogP contribution in [-0.4, -0.2) is 23.3 Å². The van der Waals surface area contributed by atoms with Crippen molar-refractivity contribution in [2.45, 2.75) is 38.3 Å². The lowest BCUT2D eigenvalue weighted by Gasteiger charge is -2.26. The predicted octanol–water partition coefficient (Wildman–Crippen LogP) is 3.74. The van der Waals surface area contributed by atoms with E-state index in [4.69, 9.17) is 0 Å². The van der Waals surface area contributed by atoms with Crippen molar-refractivity contribution in [3.63, 3.8) is 0 Å². The summed E-state index contributed by atoms with van der Waals surface area (Å²) in [5, 5.41) is 9.07. The third-order valence-electron chi connectivity index (χ3n) is 4.14. The summed E-state index contributed by atoms with van der Waals surface area (Å²) in [5.74, 6) is 0.0119. The second-order valence-corrected chi connectivity index (χ2v) is 7.53. The first-order valence-electron chi connectivity index (χ1n) is 7.77. The van der Waals surface area contributed by atoms with Gasteiger partial charge in [0.2, 0.25) is 11.8 Å². The molecule has 2 aromatic rings. The molecule has 0 aromatic carbocycles. The highest BCUT2D eigenvalue weighted by Crippen LogP contribution is 2.34. The molecule has 0 saturated carbocycles. The molecule has 122 valence electrons. The summed E-state index contributed by atoms with van der Waals surface area (Å²) in [6.07, 6.45) is 2.38. The normalized spacial score (nSPS) is 18.8. The summed E-state index contributed by atoms with van der Waals surface area (Å²) < 4.78 is 0. The summed E-state index contributed by atoms with van der Waals surface area (Å²) >= 11 is 3.24. The van der Waals surface area contributed by atoms with Gasteiger partial charge in [-0.15, -0.1) is 11.3 Å². The number of amides is 2. The molecule has 23 heavy (non-hydrogen) atoms.